The number of rotatable bonds is 11. The van der Waals surface area contributed by atoms with Crippen LogP contribution in [-0.2, 0) is 22.7 Å². The van der Waals surface area contributed by atoms with Gasteiger partial charge in [0.1, 0.15) is 0 Å². The van der Waals surface area contributed by atoms with E-state index < -0.39 is 0 Å². The smallest absolute Gasteiger partial charge is 0.260 e. The minimum absolute atomic E-state index is 0.0434. The van der Waals surface area contributed by atoms with Gasteiger partial charge in [0.15, 0.2) is 0 Å². The molecule has 0 aromatic heterocycles. The number of amides is 2. The van der Waals surface area contributed by atoms with E-state index in [9.17, 15) is 9.59 Å². The summed E-state index contributed by atoms with van der Waals surface area (Å²) in [5, 5.41) is 3.52. The van der Waals surface area contributed by atoms with Gasteiger partial charge in [0.25, 0.3) is 5.91 Å². The molecule has 220 valence electrons. The Bertz CT molecular complexity index is 1360. The third-order valence-electron chi connectivity index (χ3n) is 8.46. The van der Waals surface area contributed by atoms with Gasteiger partial charge in [-0.15, -0.1) is 11.8 Å². The molecule has 3 atom stereocenters. The maximum absolute atomic E-state index is 13.9. The van der Waals surface area contributed by atoms with Gasteiger partial charge in [-0.1, -0.05) is 97.4 Å². The summed E-state index contributed by atoms with van der Waals surface area (Å²) in [6.07, 6.45) is 5.46. The Morgan fingerprint density at radius 3 is 2.48 bits per heavy atom. The molecule has 5 rings (SSSR count). The number of benzene rings is 3. The van der Waals surface area contributed by atoms with Crippen LogP contribution in [0.4, 0.5) is 0 Å². The van der Waals surface area contributed by atoms with Crippen LogP contribution in [0, 0.1) is 12.8 Å². The molecule has 1 saturated heterocycles. The number of thioether (sulfide) groups is 1. The highest BCUT2D eigenvalue weighted by molar-refractivity contribution is 8.04. The molecule has 1 aliphatic heterocycles. The third-order valence-corrected chi connectivity index (χ3v) is 9.85. The molecular weight excluding hydrogens is 538 g/mol. The first-order valence-electron chi connectivity index (χ1n) is 15.3. The Kier molecular flexibility index (Phi) is 10.5. The van der Waals surface area contributed by atoms with Gasteiger partial charge in [-0.05, 0) is 61.9 Å². The van der Waals surface area contributed by atoms with E-state index in [1.807, 2.05) is 47.4 Å². The van der Waals surface area contributed by atoms with Crippen molar-refractivity contribution < 1.29 is 9.59 Å². The first kappa shape index (κ1) is 30.1. The van der Waals surface area contributed by atoms with Crippen molar-refractivity contribution in [3.63, 3.8) is 0 Å². The van der Waals surface area contributed by atoms with Crippen LogP contribution < -0.4 is 5.32 Å². The number of nitrogens with one attached hydrogen (secondary N) is 1. The molecule has 1 heterocycles. The van der Waals surface area contributed by atoms with E-state index in [4.69, 9.17) is 0 Å². The van der Waals surface area contributed by atoms with Gasteiger partial charge < -0.3 is 10.2 Å². The minimum Gasteiger partial charge on any atom is -0.356 e. The summed E-state index contributed by atoms with van der Waals surface area (Å²) in [7, 11) is 0. The number of aryl methyl sites for hydroxylation is 1. The zero-order valence-electron chi connectivity index (χ0n) is 24.9. The molecule has 3 unspecified atom stereocenters. The Morgan fingerprint density at radius 1 is 1.00 bits per heavy atom. The molecular formula is C36H43N3O2S. The number of hydrogen-bond donors (Lipinski definition) is 1. The molecule has 3 aromatic rings. The molecule has 3 aromatic carbocycles. The van der Waals surface area contributed by atoms with Crippen LogP contribution in [0.3, 0.4) is 0 Å². The first-order chi connectivity index (χ1) is 20.5. The maximum Gasteiger partial charge on any atom is 0.260 e. The van der Waals surface area contributed by atoms with Crippen LogP contribution in [0.5, 0.6) is 0 Å². The first-order valence-corrected chi connectivity index (χ1v) is 16.2. The Balaban J connectivity index is 1.21. The highest BCUT2D eigenvalue weighted by atomic mass is 32.2. The van der Waals surface area contributed by atoms with E-state index in [1.165, 1.54) is 11.1 Å². The summed E-state index contributed by atoms with van der Waals surface area (Å²) >= 11 is 1.71. The molecule has 0 radical (unpaired) electrons. The van der Waals surface area contributed by atoms with Crippen LogP contribution in [-0.4, -0.2) is 52.5 Å². The predicted molar refractivity (Wildman–Crippen MR) is 174 cm³/mol. The standard InChI is InChI=1S/C36H43N3O2S/c1-3-38(25-29-15-8-5-9-16-29)21-11-20-37-35(40)31-18-19-33-32(24-31)39(26-30-17-10-12-27(2)22-30)36(41)34(42-33)23-28-13-6-4-7-14-28/h4-10,12-17,22-23,31-33H,3,11,18-21,24-26H2,1-2H3,(H,37,40)/b34-23-. The quantitative estimate of drug-likeness (QED) is 0.203. The average Bonchev–Trinajstić information content (AvgIpc) is 3.01. The van der Waals surface area contributed by atoms with Crippen molar-refractivity contribution >= 4 is 29.7 Å². The van der Waals surface area contributed by atoms with Crippen LogP contribution in [0.2, 0.25) is 0 Å². The van der Waals surface area contributed by atoms with Crippen LogP contribution in [0.15, 0.2) is 89.8 Å². The summed E-state index contributed by atoms with van der Waals surface area (Å²) < 4.78 is 0. The van der Waals surface area contributed by atoms with E-state index in [1.54, 1.807) is 11.8 Å². The zero-order valence-corrected chi connectivity index (χ0v) is 25.7. The van der Waals surface area contributed by atoms with Gasteiger partial charge in [-0.25, -0.2) is 0 Å². The fourth-order valence-electron chi connectivity index (χ4n) is 6.17. The van der Waals surface area contributed by atoms with Crippen LogP contribution in [0.1, 0.15) is 54.9 Å². The molecule has 2 fully saturated rings. The normalized spacial score (nSPS) is 21.4. The second-order valence-electron chi connectivity index (χ2n) is 11.6. The zero-order chi connectivity index (χ0) is 29.3. The molecule has 0 spiro atoms. The van der Waals surface area contributed by atoms with E-state index in [2.05, 4.69) is 72.6 Å². The van der Waals surface area contributed by atoms with Crippen molar-refractivity contribution in [1.82, 2.24) is 15.1 Å². The lowest BCUT2D eigenvalue weighted by atomic mass is 9.83. The number of hydrogen-bond acceptors (Lipinski definition) is 4. The second kappa shape index (κ2) is 14.7. The lowest BCUT2D eigenvalue weighted by molar-refractivity contribution is -0.133. The van der Waals surface area contributed by atoms with Crippen molar-refractivity contribution in [2.45, 2.75) is 63.9 Å². The molecule has 1 saturated carbocycles. The molecule has 1 aliphatic carbocycles. The van der Waals surface area contributed by atoms with Gasteiger partial charge in [-0.3, -0.25) is 14.5 Å². The molecule has 5 nitrogen and oxygen atoms in total. The van der Waals surface area contributed by atoms with E-state index in [0.717, 1.165) is 61.3 Å². The van der Waals surface area contributed by atoms with Crippen LogP contribution in [0.25, 0.3) is 6.08 Å². The summed E-state index contributed by atoms with van der Waals surface area (Å²) in [6, 6.07) is 29.1. The summed E-state index contributed by atoms with van der Waals surface area (Å²) in [6.45, 7) is 8.39. The summed E-state index contributed by atoms with van der Waals surface area (Å²) in [5.74, 6) is 0.148. The Hall–Kier alpha value is -3.35. The minimum atomic E-state index is -0.0640. The lowest BCUT2D eigenvalue weighted by Gasteiger charge is -2.46. The number of nitrogens with zero attached hydrogens (tertiary/aromatic N) is 2. The Morgan fingerprint density at radius 2 is 1.74 bits per heavy atom. The number of carbonyl (C=O) groups excluding carboxylic acids is 2. The number of carbonyl (C=O) groups is 2. The largest absolute Gasteiger partial charge is 0.356 e. The molecule has 6 heteroatoms. The van der Waals surface area contributed by atoms with Crippen molar-refractivity contribution in [3.05, 3.63) is 112 Å². The summed E-state index contributed by atoms with van der Waals surface area (Å²) in [4.78, 5) is 32.5. The van der Waals surface area contributed by atoms with Crippen LogP contribution >= 0.6 is 11.8 Å². The fourth-order valence-corrected chi connectivity index (χ4v) is 7.59. The topological polar surface area (TPSA) is 52.7 Å². The molecule has 2 aliphatic rings. The fraction of sp³-hybridized carbons (Fsp3) is 0.389. The van der Waals surface area contributed by atoms with Crippen molar-refractivity contribution in [1.29, 1.82) is 0 Å². The van der Waals surface area contributed by atoms with Crippen molar-refractivity contribution in [2.75, 3.05) is 19.6 Å². The van der Waals surface area contributed by atoms with Crippen molar-refractivity contribution in [2.24, 2.45) is 5.92 Å². The van der Waals surface area contributed by atoms with Gasteiger partial charge in [-0.2, -0.15) is 0 Å². The monoisotopic (exact) mass is 581 g/mol. The van der Waals surface area contributed by atoms with Gasteiger partial charge in [0, 0.05) is 43.4 Å². The maximum atomic E-state index is 13.9. The predicted octanol–water partition coefficient (Wildman–Crippen LogP) is 6.68. The lowest BCUT2D eigenvalue weighted by Crippen LogP contribution is -2.53. The van der Waals surface area contributed by atoms with Gasteiger partial charge in [0.2, 0.25) is 5.91 Å². The number of fused-ring (bicyclic) bond motifs is 1. The third kappa shape index (κ3) is 7.93. The molecule has 1 N–H and O–H groups in total. The highest BCUT2D eigenvalue weighted by Gasteiger charge is 2.44. The molecule has 0 bridgehead atoms. The van der Waals surface area contributed by atoms with E-state index in [-0.39, 0.29) is 23.8 Å². The average molecular weight is 582 g/mol. The van der Waals surface area contributed by atoms with E-state index in [0.29, 0.717) is 18.3 Å². The summed E-state index contributed by atoms with van der Waals surface area (Å²) in [5.41, 5.74) is 4.68. The van der Waals surface area contributed by atoms with Gasteiger partial charge in [0.05, 0.1) is 4.91 Å². The SMILES string of the molecule is CCN(CCCNC(=O)C1CCC2S/C(=C\c3ccccc3)C(=O)N(Cc3cccc(C)c3)C2C1)Cc1ccccc1. The molecule has 2 amide bonds. The highest BCUT2D eigenvalue weighted by Crippen LogP contribution is 2.44. The van der Waals surface area contributed by atoms with Crippen molar-refractivity contribution in [3.8, 4) is 0 Å². The van der Waals surface area contributed by atoms with E-state index >= 15 is 0 Å². The second-order valence-corrected chi connectivity index (χ2v) is 12.9. The molecule has 42 heavy (non-hydrogen) atoms. The Labute approximate surface area is 255 Å². The van der Waals surface area contributed by atoms with Gasteiger partial charge >= 0.3 is 0 Å².